The number of halogens is 1. The van der Waals surface area contributed by atoms with E-state index < -0.39 is 27.9 Å². The van der Waals surface area contributed by atoms with E-state index in [9.17, 15) is 17.6 Å². The summed E-state index contributed by atoms with van der Waals surface area (Å²) in [5.74, 6) is -1.76. The molecular formula is C11H14FNO4S. The number of carboxylic acids is 1. The maximum absolute atomic E-state index is 12.8. The Morgan fingerprint density at radius 3 is 2.22 bits per heavy atom. The highest BCUT2D eigenvalue weighted by Gasteiger charge is 2.31. The van der Waals surface area contributed by atoms with Gasteiger partial charge < -0.3 is 5.11 Å². The van der Waals surface area contributed by atoms with Crippen molar-refractivity contribution in [2.45, 2.75) is 19.4 Å². The van der Waals surface area contributed by atoms with Crippen LogP contribution >= 0.6 is 0 Å². The number of sulfonamides is 1. The van der Waals surface area contributed by atoms with E-state index in [-0.39, 0.29) is 12.1 Å². The molecule has 0 aliphatic heterocycles. The van der Waals surface area contributed by atoms with Crippen LogP contribution in [0.5, 0.6) is 0 Å². The van der Waals surface area contributed by atoms with Crippen molar-refractivity contribution >= 4 is 21.7 Å². The second-order valence-corrected chi connectivity index (χ2v) is 5.66. The highest BCUT2D eigenvalue weighted by Crippen LogP contribution is 2.22. The van der Waals surface area contributed by atoms with Crippen LogP contribution in [0.2, 0.25) is 0 Å². The fourth-order valence-electron chi connectivity index (χ4n) is 1.63. The third-order valence-corrected chi connectivity index (χ3v) is 3.57. The Morgan fingerprint density at radius 2 is 1.89 bits per heavy atom. The Bertz CT molecular complexity index is 526. The first-order valence-electron chi connectivity index (χ1n) is 5.25. The third kappa shape index (κ3) is 3.19. The Kier molecular flexibility index (Phi) is 4.28. The van der Waals surface area contributed by atoms with Gasteiger partial charge in [0.25, 0.3) is 0 Å². The van der Waals surface area contributed by atoms with Crippen molar-refractivity contribution in [2.75, 3.05) is 10.6 Å². The van der Waals surface area contributed by atoms with Crippen molar-refractivity contribution < 1.29 is 22.7 Å². The molecule has 1 unspecified atom stereocenters. The quantitative estimate of drug-likeness (QED) is 0.882. The van der Waals surface area contributed by atoms with Crippen LogP contribution in [-0.2, 0) is 14.8 Å². The van der Waals surface area contributed by atoms with Crippen molar-refractivity contribution in [3.8, 4) is 0 Å². The molecule has 1 aromatic rings. The predicted octanol–water partition coefficient (Wildman–Crippen LogP) is 1.45. The molecule has 0 spiro atoms. The van der Waals surface area contributed by atoms with Gasteiger partial charge in [-0.3, -0.25) is 4.31 Å². The number of aliphatic carboxylic acids is 1. The summed E-state index contributed by atoms with van der Waals surface area (Å²) >= 11 is 0. The number of hydrogen-bond acceptors (Lipinski definition) is 3. The van der Waals surface area contributed by atoms with Crippen LogP contribution in [0.3, 0.4) is 0 Å². The van der Waals surface area contributed by atoms with E-state index in [4.69, 9.17) is 5.11 Å². The van der Waals surface area contributed by atoms with Gasteiger partial charge in [0.15, 0.2) is 0 Å². The van der Waals surface area contributed by atoms with Crippen molar-refractivity contribution in [3.05, 3.63) is 30.1 Å². The van der Waals surface area contributed by atoms with E-state index in [2.05, 4.69) is 0 Å². The molecule has 7 heteroatoms. The molecule has 0 aliphatic rings. The van der Waals surface area contributed by atoms with Crippen LogP contribution in [-0.4, -0.2) is 31.8 Å². The lowest BCUT2D eigenvalue weighted by Gasteiger charge is -2.27. The first kappa shape index (κ1) is 14.4. The van der Waals surface area contributed by atoms with Crippen molar-refractivity contribution in [1.82, 2.24) is 0 Å². The average molecular weight is 275 g/mol. The smallest absolute Gasteiger partial charge is 0.327 e. The molecule has 1 aromatic carbocycles. The lowest BCUT2D eigenvalue weighted by atomic mass is 10.2. The SMILES string of the molecule is CCC(C(=O)O)N(c1ccc(F)cc1)S(C)(=O)=O. The Labute approximate surface area is 105 Å². The number of anilines is 1. The summed E-state index contributed by atoms with van der Waals surface area (Å²) in [6, 6.07) is 3.44. The maximum Gasteiger partial charge on any atom is 0.327 e. The van der Waals surface area contributed by atoms with E-state index in [0.717, 1.165) is 22.7 Å². The topological polar surface area (TPSA) is 74.7 Å². The van der Waals surface area contributed by atoms with Gasteiger partial charge in [-0.2, -0.15) is 0 Å². The van der Waals surface area contributed by atoms with Crippen LogP contribution in [0.15, 0.2) is 24.3 Å². The normalized spacial score (nSPS) is 13.1. The number of carboxylic acid groups (broad SMARTS) is 1. The van der Waals surface area contributed by atoms with Gasteiger partial charge in [-0.25, -0.2) is 17.6 Å². The molecule has 1 rings (SSSR count). The van der Waals surface area contributed by atoms with Crippen LogP contribution in [0.4, 0.5) is 10.1 Å². The lowest BCUT2D eigenvalue weighted by Crippen LogP contribution is -2.44. The van der Waals surface area contributed by atoms with Crippen molar-refractivity contribution in [3.63, 3.8) is 0 Å². The number of nitrogens with zero attached hydrogens (tertiary/aromatic N) is 1. The molecule has 0 amide bonds. The van der Waals surface area contributed by atoms with E-state index in [1.807, 2.05) is 0 Å². The zero-order valence-corrected chi connectivity index (χ0v) is 10.8. The molecule has 18 heavy (non-hydrogen) atoms. The van der Waals surface area contributed by atoms with Gasteiger partial charge in [-0.15, -0.1) is 0 Å². The molecule has 5 nitrogen and oxygen atoms in total. The average Bonchev–Trinajstić information content (AvgIpc) is 2.25. The Balaban J connectivity index is 3.30. The number of hydrogen-bond donors (Lipinski definition) is 1. The fourth-order valence-corrected chi connectivity index (χ4v) is 2.84. The van der Waals surface area contributed by atoms with E-state index in [0.29, 0.717) is 0 Å². The second kappa shape index (κ2) is 5.34. The van der Waals surface area contributed by atoms with Gasteiger partial charge in [0, 0.05) is 0 Å². The highest BCUT2D eigenvalue weighted by molar-refractivity contribution is 7.92. The maximum atomic E-state index is 12.8. The molecule has 0 aliphatic carbocycles. The summed E-state index contributed by atoms with van der Waals surface area (Å²) in [4.78, 5) is 11.1. The van der Waals surface area contributed by atoms with Crippen molar-refractivity contribution in [2.24, 2.45) is 0 Å². The number of benzene rings is 1. The molecule has 1 N–H and O–H groups in total. The molecule has 0 bridgehead atoms. The van der Waals surface area contributed by atoms with Crippen LogP contribution in [0.1, 0.15) is 13.3 Å². The summed E-state index contributed by atoms with van der Waals surface area (Å²) in [5, 5.41) is 9.04. The molecule has 0 heterocycles. The summed E-state index contributed by atoms with van der Waals surface area (Å²) in [7, 11) is -3.76. The van der Waals surface area contributed by atoms with Gasteiger partial charge in [-0.1, -0.05) is 6.92 Å². The fraction of sp³-hybridized carbons (Fsp3) is 0.364. The summed E-state index contributed by atoms with van der Waals surface area (Å²) in [6.45, 7) is 1.57. The second-order valence-electron chi connectivity index (χ2n) is 3.80. The standard InChI is InChI=1S/C11H14FNO4S/c1-3-10(11(14)15)13(18(2,16)17)9-6-4-8(12)5-7-9/h4-7,10H,3H2,1-2H3,(H,14,15). The third-order valence-electron chi connectivity index (χ3n) is 2.39. The van der Waals surface area contributed by atoms with E-state index >= 15 is 0 Å². The van der Waals surface area contributed by atoms with Gasteiger partial charge in [-0.05, 0) is 30.7 Å². The summed E-state index contributed by atoms with van der Waals surface area (Å²) < 4.78 is 37.0. The van der Waals surface area contributed by atoms with Crippen molar-refractivity contribution in [1.29, 1.82) is 0 Å². The highest BCUT2D eigenvalue weighted by atomic mass is 32.2. The first-order chi connectivity index (χ1) is 8.27. The van der Waals surface area contributed by atoms with E-state index in [1.165, 1.54) is 12.1 Å². The first-order valence-corrected chi connectivity index (χ1v) is 7.10. The number of carbonyl (C=O) groups is 1. The van der Waals surface area contributed by atoms with Crippen LogP contribution in [0, 0.1) is 5.82 Å². The molecule has 0 radical (unpaired) electrons. The molecule has 0 fully saturated rings. The summed E-state index contributed by atoms with van der Waals surface area (Å²) in [6.07, 6.45) is 1.03. The van der Waals surface area contributed by atoms with Gasteiger partial charge in [0.2, 0.25) is 10.0 Å². The minimum atomic E-state index is -3.76. The molecule has 0 saturated carbocycles. The Morgan fingerprint density at radius 1 is 1.39 bits per heavy atom. The van der Waals surface area contributed by atoms with Gasteiger partial charge in [0.05, 0.1) is 11.9 Å². The summed E-state index contributed by atoms with van der Waals surface area (Å²) in [5.41, 5.74) is 0.133. The predicted molar refractivity (Wildman–Crippen MR) is 65.4 cm³/mol. The zero-order chi connectivity index (χ0) is 13.9. The largest absolute Gasteiger partial charge is 0.480 e. The molecular weight excluding hydrogens is 261 g/mol. The minimum absolute atomic E-state index is 0.111. The molecule has 0 aromatic heterocycles. The van der Waals surface area contributed by atoms with E-state index in [1.54, 1.807) is 6.92 Å². The van der Waals surface area contributed by atoms with Gasteiger partial charge in [0.1, 0.15) is 11.9 Å². The molecule has 100 valence electrons. The zero-order valence-electron chi connectivity index (χ0n) is 10.00. The van der Waals surface area contributed by atoms with Gasteiger partial charge >= 0.3 is 5.97 Å². The molecule has 0 saturated heterocycles. The minimum Gasteiger partial charge on any atom is -0.480 e. The Hall–Kier alpha value is -1.63. The monoisotopic (exact) mass is 275 g/mol. The lowest BCUT2D eigenvalue weighted by molar-refractivity contribution is -0.138. The van der Waals surface area contributed by atoms with Crippen LogP contribution in [0.25, 0.3) is 0 Å². The van der Waals surface area contributed by atoms with Crippen LogP contribution < -0.4 is 4.31 Å². The molecule has 1 atom stereocenters. The number of rotatable bonds is 5.